The largest absolute Gasteiger partial charge is 0.379 e. The molecule has 1 unspecified atom stereocenters. The maximum absolute atomic E-state index is 13.2. The fraction of sp³-hybridized carbons (Fsp3) is 0.364. The molecule has 6 heteroatoms. The molecule has 1 saturated heterocycles. The third-order valence-electron chi connectivity index (χ3n) is 2.60. The second kappa shape index (κ2) is 4.84. The molecule has 1 aliphatic rings. The predicted octanol–water partition coefficient (Wildman–Crippen LogP) is 2.29. The maximum atomic E-state index is 13.2. The number of thioether (sulfide) groups is 1. The zero-order valence-corrected chi connectivity index (χ0v) is 10.4. The van der Waals surface area contributed by atoms with Crippen molar-refractivity contribution >= 4 is 35.0 Å². The van der Waals surface area contributed by atoms with Crippen molar-refractivity contribution in [3.05, 3.63) is 29.0 Å². The number of amides is 1. The summed E-state index contributed by atoms with van der Waals surface area (Å²) in [6.07, 6.45) is 0.416. The van der Waals surface area contributed by atoms with E-state index < -0.39 is 17.3 Å². The van der Waals surface area contributed by atoms with Crippen LogP contribution in [0.25, 0.3) is 0 Å². The third kappa shape index (κ3) is 2.73. The standard InChI is InChI=1S/C11H11ClFNO2S/c12-8-2-1-7(5-9(8)13)14-10(15)11(16)3-4-17-6-11/h1-2,5,16H,3-4,6H2,(H,14,15). The summed E-state index contributed by atoms with van der Waals surface area (Å²) in [6.45, 7) is 0. The number of halogens is 2. The van der Waals surface area contributed by atoms with E-state index in [4.69, 9.17) is 11.6 Å². The molecule has 0 aliphatic carbocycles. The minimum absolute atomic E-state index is 0.00173. The summed E-state index contributed by atoms with van der Waals surface area (Å²) in [5.74, 6) is 0.0230. The van der Waals surface area contributed by atoms with Crippen LogP contribution < -0.4 is 5.32 Å². The second-order valence-corrected chi connectivity index (χ2v) is 5.43. The molecular weight excluding hydrogens is 265 g/mol. The summed E-state index contributed by atoms with van der Waals surface area (Å²) in [6, 6.07) is 3.99. The average molecular weight is 276 g/mol. The SMILES string of the molecule is O=C(Nc1ccc(Cl)c(F)c1)C1(O)CCSC1. The summed E-state index contributed by atoms with van der Waals surface area (Å²) < 4.78 is 13.2. The first kappa shape index (κ1) is 12.7. The van der Waals surface area contributed by atoms with Crippen LogP contribution in [0.2, 0.25) is 5.02 Å². The van der Waals surface area contributed by atoms with Crippen LogP contribution in [0.4, 0.5) is 10.1 Å². The number of hydrogen-bond acceptors (Lipinski definition) is 3. The minimum atomic E-state index is -1.35. The van der Waals surface area contributed by atoms with Crippen LogP contribution in [0.3, 0.4) is 0 Å². The summed E-state index contributed by atoms with van der Waals surface area (Å²) in [4.78, 5) is 11.8. The molecule has 92 valence electrons. The summed E-state index contributed by atoms with van der Waals surface area (Å²) in [7, 11) is 0. The van der Waals surface area contributed by atoms with Gasteiger partial charge in [-0.05, 0) is 30.4 Å². The monoisotopic (exact) mass is 275 g/mol. The number of carbonyl (C=O) groups excluding carboxylic acids is 1. The van der Waals surface area contributed by atoms with Crippen molar-refractivity contribution in [2.24, 2.45) is 0 Å². The van der Waals surface area contributed by atoms with Crippen LogP contribution >= 0.6 is 23.4 Å². The molecule has 1 heterocycles. The Morgan fingerprint density at radius 3 is 2.94 bits per heavy atom. The van der Waals surface area contributed by atoms with Gasteiger partial charge in [-0.1, -0.05) is 11.6 Å². The highest BCUT2D eigenvalue weighted by Gasteiger charge is 2.39. The lowest BCUT2D eigenvalue weighted by Gasteiger charge is -2.20. The first-order valence-corrected chi connectivity index (χ1v) is 6.61. The van der Waals surface area contributed by atoms with E-state index in [1.54, 1.807) is 0 Å². The quantitative estimate of drug-likeness (QED) is 0.871. The molecule has 1 fully saturated rings. The van der Waals surface area contributed by atoms with Crippen molar-refractivity contribution < 1.29 is 14.3 Å². The van der Waals surface area contributed by atoms with E-state index in [-0.39, 0.29) is 5.02 Å². The van der Waals surface area contributed by atoms with Gasteiger partial charge in [0.15, 0.2) is 5.60 Å². The Morgan fingerprint density at radius 2 is 2.35 bits per heavy atom. The van der Waals surface area contributed by atoms with Gasteiger partial charge < -0.3 is 10.4 Å². The number of anilines is 1. The van der Waals surface area contributed by atoms with Gasteiger partial charge in [0.1, 0.15) is 5.82 Å². The smallest absolute Gasteiger partial charge is 0.257 e. The number of rotatable bonds is 2. The summed E-state index contributed by atoms with van der Waals surface area (Å²) in [5, 5.41) is 12.5. The fourth-order valence-corrected chi connectivity index (χ4v) is 2.91. The van der Waals surface area contributed by atoms with E-state index in [1.807, 2.05) is 0 Å². The van der Waals surface area contributed by atoms with Crippen LogP contribution in [0.15, 0.2) is 18.2 Å². The topological polar surface area (TPSA) is 49.3 Å². The van der Waals surface area contributed by atoms with Gasteiger partial charge in [0, 0.05) is 11.4 Å². The molecular formula is C11H11ClFNO2S. The number of aliphatic hydroxyl groups is 1. The zero-order valence-electron chi connectivity index (χ0n) is 8.87. The lowest BCUT2D eigenvalue weighted by Crippen LogP contribution is -2.42. The lowest BCUT2D eigenvalue weighted by atomic mass is 10.0. The Balaban J connectivity index is 2.10. The van der Waals surface area contributed by atoms with Gasteiger partial charge in [-0.3, -0.25) is 4.79 Å². The first-order valence-electron chi connectivity index (χ1n) is 5.08. The molecule has 17 heavy (non-hydrogen) atoms. The van der Waals surface area contributed by atoms with E-state index >= 15 is 0 Å². The van der Waals surface area contributed by atoms with E-state index in [0.29, 0.717) is 17.9 Å². The van der Waals surface area contributed by atoms with Crippen LogP contribution in [-0.2, 0) is 4.79 Å². The first-order chi connectivity index (χ1) is 8.01. The summed E-state index contributed by atoms with van der Waals surface area (Å²) >= 11 is 7.05. The molecule has 3 nitrogen and oxygen atoms in total. The highest BCUT2D eigenvalue weighted by atomic mass is 35.5. The maximum Gasteiger partial charge on any atom is 0.257 e. The average Bonchev–Trinajstić information content (AvgIpc) is 2.72. The van der Waals surface area contributed by atoms with E-state index in [0.717, 1.165) is 11.8 Å². The minimum Gasteiger partial charge on any atom is -0.379 e. The van der Waals surface area contributed by atoms with Gasteiger partial charge in [-0.15, -0.1) is 0 Å². The van der Waals surface area contributed by atoms with Gasteiger partial charge in [0.05, 0.1) is 5.02 Å². The molecule has 2 N–H and O–H groups in total. The fourth-order valence-electron chi connectivity index (χ4n) is 1.55. The van der Waals surface area contributed by atoms with Gasteiger partial charge in [-0.25, -0.2) is 4.39 Å². The van der Waals surface area contributed by atoms with Gasteiger partial charge in [0.2, 0.25) is 0 Å². The van der Waals surface area contributed by atoms with Gasteiger partial charge in [0.25, 0.3) is 5.91 Å². The molecule has 0 saturated carbocycles. The predicted molar refractivity (Wildman–Crippen MR) is 66.9 cm³/mol. The number of nitrogens with one attached hydrogen (secondary N) is 1. The molecule has 1 amide bonds. The highest BCUT2D eigenvalue weighted by molar-refractivity contribution is 7.99. The van der Waals surface area contributed by atoms with Crippen molar-refractivity contribution in [2.45, 2.75) is 12.0 Å². The van der Waals surface area contributed by atoms with Gasteiger partial charge in [-0.2, -0.15) is 11.8 Å². The normalized spacial score (nSPS) is 23.7. The van der Waals surface area contributed by atoms with Crippen molar-refractivity contribution in [1.29, 1.82) is 0 Å². The Hall–Kier alpha value is -0.780. The van der Waals surface area contributed by atoms with Crippen molar-refractivity contribution in [2.75, 3.05) is 16.8 Å². The number of benzene rings is 1. The molecule has 0 radical (unpaired) electrons. The number of hydrogen-bond donors (Lipinski definition) is 2. The van der Waals surface area contributed by atoms with Crippen molar-refractivity contribution in [3.8, 4) is 0 Å². The molecule has 1 aromatic carbocycles. The molecule has 1 aliphatic heterocycles. The van der Waals surface area contributed by atoms with E-state index in [9.17, 15) is 14.3 Å². The van der Waals surface area contributed by atoms with Gasteiger partial charge >= 0.3 is 0 Å². The van der Waals surface area contributed by atoms with Crippen molar-refractivity contribution in [1.82, 2.24) is 0 Å². The van der Waals surface area contributed by atoms with Crippen LogP contribution in [0.5, 0.6) is 0 Å². The van der Waals surface area contributed by atoms with Crippen molar-refractivity contribution in [3.63, 3.8) is 0 Å². The Bertz CT molecular complexity index is 449. The summed E-state index contributed by atoms with van der Waals surface area (Å²) in [5.41, 5.74) is -1.05. The molecule has 1 atom stereocenters. The van der Waals surface area contributed by atoms with Crippen LogP contribution in [0.1, 0.15) is 6.42 Å². The van der Waals surface area contributed by atoms with E-state index in [1.165, 1.54) is 23.9 Å². The lowest BCUT2D eigenvalue weighted by molar-refractivity contribution is -0.131. The van der Waals surface area contributed by atoms with E-state index in [2.05, 4.69) is 5.32 Å². The highest BCUT2D eigenvalue weighted by Crippen LogP contribution is 2.29. The molecule has 2 rings (SSSR count). The molecule has 1 aromatic rings. The number of carbonyl (C=O) groups is 1. The second-order valence-electron chi connectivity index (χ2n) is 3.92. The Morgan fingerprint density at radius 1 is 1.59 bits per heavy atom. The molecule has 0 aromatic heterocycles. The molecule has 0 spiro atoms. The Labute approximate surface area is 107 Å². The third-order valence-corrected chi connectivity index (χ3v) is 4.08. The zero-order chi connectivity index (χ0) is 12.5. The molecule has 0 bridgehead atoms. The Kier molecular flexibility index (Phi) is 3.61. The van der Waals surface area contributed by atoms with Crippen LogP contribution in [0, 0.1) is 5.82 Å². The van der Waals surface area contributed by atoms with Crippen LogP contribution in [-0.4, -0.2) is 28.1 Å².